The van der Waals surface area contributed by atoms with E-state index in [-0.39, 0.29) is 18.3 Å². The van der Waals surface area contributed by atoms with Crippen LogP contribution in [0.3, 0.4) is 0 Å². The lowest BCUT2D eigenvalue weighted by atomic mass is 10.2. The Morgan fingerprint density at radius 2 is 1.97 bits per heavy atom. The van der Waals surface area contributed by atoms with Gasteiger partial charge in [0.15, 0.2) is 11.5 Å². The lowest BCUT2D eigenvalue weighted by Gasteiger charge is -2.08. The minimum atomic E-state index is -0.303. The lowest BCUT2D eigenvalue weighted by Crippen LogP contribution is -2.24. The van der Waals surface area contributed by atoms with Gasteiger partial charge in [0.25, 0.3) is 11.5 Å². The molecule has 1 amide bonds. The summed E-state index contributed by atoms with van der Waals surface area (Å²) in [5.74, 6) is 1.04. The number of benzene rings is 2. The van der Waals surface area contributed by atoms with Crippen molar-refractivity contribution in [2.45, 2.75) is 6.54 Å². The fraction of sp³-hybridized carbons (Fsp3) is 0.0952. The number of carbonyl (C=O) groups is 1. The fourth-order valence-electron chi connectivity index (χ4n) is 3.25. The van der Waals surface area contributed by atoms with Crippen molar-refractivity contribution in [3.8, 4) is 11.5 Å². The maximum atomic E-state index is 12.8. The van der Waals surface area contributed by atoms with Crippen LogP contribution < -0.4 is 20.3 Å². The molecule has 0 bridgehead atoms. The van der Waals surface area contributed by atoms with Crippen molar-refractivity contribution in [2.24, 2.45) is 0 Å². The summed E-state index contributed by atoms with van der Waals surface area (Å²) in [4.78, 5) is 29.9. The molecule has 3 heterocycles. The van der Waals surface area contributed by atoms with Crippen LogP contribution in [-0.2, 0) is 6.54 Å². The van der Waals surface area contributed by atoms with E-state index in [0.29, 0.717) is 45.2 Å². The summed E-state index contributed by atoms with van der Waals surface area (Å²) in [7, 11) is 0. The van der Waals surface area contributed by atoms with Gasteiger partial charge in [-0.05, 0) is 48.0 Å². The van der Waals surface area contributed by atoms with E-state index in [4.69, 9.17) is 21.1 Å². The molecule has 7 nitrogen and oxygen atoms in total. The highest BCUT2D eigenvalue weighted by Crippen LogP contribution is 2.32. The highest BCUT2D eigenvalue weighted by molar-refractivity contribution is 6.31. The molecule has 0 fully saturated rings. The van der Waals surface area contributed by atoms with Crippen LogP contribution in [0.25, 0.3) is 16.6 Å². The Morgan fingerprint density at radius 3 is 2.86 bits per heavy atom. The van der Waals surface area contributed by atoms with Crippen molar-refractivity contribution in [3.05, 3.63) is 81.2 Å². The number of ether oxygens (including phenoxy) is 2. The number of hydrogen-bond acceptors (Lipinski definition) is 5. The quantitative estimate of drug-likeness (QED) is 0.527. The third-order valence-corrected chi connectivity index (χ3v) is 4.96. The molecular weight excluding hydrogens is 394 g/mol. The molecule has 1 N–H and O–H groups in total. The van der Waals surface area contributed by atoms with Crippen LogP contribution >= 0.6 is 11.6 Å². The summed E-state index contributed by atoms with van der Waals surface area (Å²) < 4.78 is 12.0. The Labute approximate surface area is 169 Å². The van der Waals surface area contributed by atoms with E-state index in [9.17, 15) is 9.59 Å². The normalized spacial score (nSPS) is 12.4. The van der Waals surface area contributed by atoms with E-state index in [1.165, 1.54) is 10.6 Å². The second-order valence-corrected chi connectivity index (χ2v) is 7.03. The Bertz CT molecular complexity index is 1350. The van der Waals surface area contributed by atoms with E-state index < -0.39 is 0 Å². The zero-order valence-electron chi connectivity index (χ0n) is 15.0. The molecule has 0 aliphatic carbocycles. The predicted octanol–water partition coefficient (Wildman–Crippen LogP) is 3.16. The summed E-state index contributed by atoms with van der Waals surface area (Å²) in [5, 5.41) is 3.69. The number of pyridine rings is 1. The minimum absolute atomic E-state index is 0.199. The Kier molecular flexibility index (Phi) is 4.10. The standard InChI is InChI=1S/C21H14ClN3O4/c22-14-3-4-16-15(8-14)21(27)25-10-13(2-6-19(25)24-16)20(26)23-9-12-1-5-17-18(7-12)29-11-28-17/h1-8,10H,9,11H2,(H,23,26). The van der Waals surface area contributed by atoms with Gasteiger partial charge in [-0.15, -0.1) is 0 Å². The molecule has 2 aromatic carbocycles. The zero-order chi connectivity index (χ0) is 20.0. The average molecular weight is 408 g/mol. The van der Waals surface area contributed by atoms with Gasteiger partial charge in [0.05, 0.1) is 16.5 Å². The second kappa shape index (κ2) is 6.79. The molecule has 8 heteroatoms. The molecule has 0 atom stereocenters. The maximum Gasteiger partial charge on any atom is 0.265 e. The monoisotopic (exact) mass is 407 g/mol. The maximum absolute atomic E-state index is 12.8. The molecule has 1 aliphatic heterocycles. The first-order valence-corrected chi connectivity index (χ1v) is 9.25. The molecule has 0 unspecified atom stereocenters. The molecule has 2 aromatic heterocycles. The number of rotatable bonds is 3. The van der Waals surface area contributed by atoms with Gasteiger partial charge in [-0.1, -0.05) is 17.7 Å². The summed E-state index contributed by atoms with van der Waals surface area (Å²) >= 11 is 6.00. The van der Waals surface area contributed by atoms with Crippen LogP contribution in [0.2, 0.25) is 5.02 Å². The highest BCUT2D eigenvalue weighted by Gasteiger charge is 2.14. The number of hydrogen-bond donors (Lipinski definition) is 1. The second-order valence-electron chi connectivity index (χ2n) is 6.59. The summed E-state index contributed by atoms with van der Waals surface area (Å²) in [5.41, 5.74) is 1.96. The van der Waals surface area contributed by atoms with Gasteiger partial charge in [-0.3, -0.25) is 14.0 Å². The van der Waals surface area contributed by atoms with E-state index in [1.807, 2.05) is 12.1 Å². The van der Waals surface area contributed by atoms with Crippen LogP contribution in [0.4, 0.5) is 0 Å². The van der Waals surface area contributed by atoms with Gasteiger partial charge in [0, 0.05) is 17.8 Å². The number of nitrogens with zero attached hydrogens (tertiary/aromatic N) is 2. The van der Waals surface area contributed by atoms with Gasteiger partial charge in [-0.2, -0.15) is 0 Å². The largest absolute Gasteiger partial charge is 0.454 e. The third kappa shape index (κ3) is 3.15. The van der Waals surface area contributed by atoms with Crippen molar-refractivity contribution >= 4 is 34.1 Å². The number of aromatic nitrogens is 2. The van der Waals surface area contributed by atoms with Crippen LogP contribution in [0.1, 0.15) is 15.9 Å². The first-order chi connectivity index (χ1) is 14.1. The molecule has 1 aliphatic rings. The number of fused-ring (bicyclic) bond motifs is 3. The van der Waals surface area contributed by atoms with Crippen molar-refractivity contribution in [2.75, 3.05) is 6.79 Å². The van der Waals surface area contributed by atoms with Crippen molar-refractivity contribution in [1.82, 2.24) is 14.7 Å². The Balaban J connectivity index is 1.43. The van der Waals surface area contributed by atoms with Gasteiger partial charge >= 0.3 is 0 Å². The smallest absolute Gasteiger partial charge is 0.265 e. The summed E-state index contributed by atoms with van der Waals surface area (Å²) in [6, 6.07) is 13.7. The zero-order valence-corrected chi connectivity index (χ0v) is 15.8. The van der Waals surface area contributed by atoms with Crippen molar-refractivity contribution < 1.29 is 14.3 Å². The Morgan fingerprint density at radius 1 is 1.10 bits per heavy atom. The predicted molar refractivity (Wildman–Crippen MR) is 108 cm³/mol. The van der Waals surface area contributed by atoms with Gasteiger partial charge < -0.3 is 14.8 Å². The topological polar surface area (TPSA) is 81.9 Å². The van der Waals surface area contributed by atoms with E-state index in [1.54, 1.807) is 36.4 Å². The lowest BCUT2D eigenvalue weighted by molar-refractivity contribution is 0.0950. The van der Waals surface area contributed by atoms with Crippen LogP contribution in [0, 0.1) is 0 Å². The minimum Gasteiger partial charge on any atom is -0.454 e. The van der Waals surface area contributed by atoms with Crippen LogP contribution in [0.15, 0.2) is 59.5 Å². The van der Waals surface area contributed by atoms with E-state index >= 15 is 0 Å². The molecule has 0 saturated heterocycles. The van der Waals surface area contributed by atoms with Gasteiger partial charge in [-0.25, -0.2) is 4.98 Å². The number of carbonyl (C=O) groups excluding carboxylic acids is 1. The molecule has 29 heavy (non-hydrogen) atoms. The molecule has 0 radical (unpaired) electrons. The molecule has 144 valence electrons. The molecule has 0 spiro atoms. The fourth-order valence-corrected chi connectivity index (χ4v) is 3.42. The van der Waals surface area contributed by atoms with E-state index in [2.05, 4.69) is 10.3 Å². The third-order valence-electron chi connectivity index (χ3n) is 4.72. The molecule has 0 saturated carbocycles. The molecular formula is C21H14ClN3O4. The van der Waals surface area contributed by atoms with Crippen LogP contribution in [0.5, 0.6) is 11.5 Å². The number of amides is 1. The SMILES string of the molecule is O=C(NCc1ccc2c(c1)OCO2)c1ccc2nc3ccc(Cl)cc3c(=O)n2c1. The number of nitrogens with one attached hydrogen (secondary N) is 1. The van der Waals surface area contributed by atoms with Crippen molar-refractivity contribution in [1.29, 1.82) is 0 Å². The molecule has 4 aromatic rings. The Hall–Kier alpha value is -3.58. The summed E-state index contributed by atoms with van der Waals surface area (Å²) in [6.45, 7) is 0.513. The highest BCUT2D eigenvalue weighted by atomic mass is 35.5. The van der Waals surface area contributed by atoms with Crippen molar-refractivity contribution in [3.63, 3.8) is 0 Å². The summed E-state index contributed by atoms with van der Waals surface area (Å²) in [6.07, 6.45) is 1.49. The average Bonchev–Trinajstić information content (AvgIpc) is 3.20. The molecule has 5 rings (SSSR count). The number of halogens is 1. The van der Waals surface area contributed by atoms with Gasteiger partial charge in [0.1, 0.15) is 5.65 Å². The van der Waals surface area contributed by atoms with Gasteiger partial charge in [0.2, 0.25) is 6.79 Å². The first kappa shape index (κ1) is 17.5. The van der Waals surface area contributed by atoms with Crippen LogP contribution in [-0.4, -0.2) is 22.1 Å². The first-order valence-electron chi connectivity index (χ1n) is 8.87. The van der Waals surface area contributed by atoms with E-state index in [0.717, 1.165) is 5.56 Å².